The third-order valence-corrected chi connectivity index (χ3v) is 6.43. The van der Waals surface area contributed by atoms with Gasteiger partial charge in [-0.05, 0) is 50.0 Å². The Labute approximate surface area is 190 Å². The topological polar surface area (TPSA) is 95.9 Å². The molecule has 1 fully saturated rings. The highest BCUT2D eigenvalue weighted by molar-refractivity contribution is 5.81. The minimum atomic E-state index is -1.04. The number of aryl methyl sites for hydroxylation is 1. The number of aliphatic hydroxyl groups is 1. The zero-order valence-electron chi connectivity index (χ0n) is 18.8. The Bertz CT molecular complexity index is 913. The van der Waals surface area contributed by atoms with Crippen LogP contribution in [0.2, 0.25) is 0 Å². The van der Waals surface area contributed by atoms with Crippen LogP contribution in [0.5, 0.6) is 5.75 Å². The molecule has 0 radical (unpaired) electrons. The molecule has 3 rings (SSSR count). The van der Waals surface area contributed by atoms with Crippen LogP contribution < -0.4 is 10.1 Å². The fraction of sp³-hybridized carbons (Fsp3) is 0.538. The van der Waals surface area contributed by atoms with E-state index in [-0.39, 0.29) is 36.8 Å². The lowest BCUT2D eigenvalue weighted by Crippen LogP contribution is -2.29. The van der Waals surface area contributed by atoms with Crippen LogP contribution in [0.15, 0.2) is 30.4 Å². The maximum Gasteiger partial charge on any atom is 0.322 e. The Kier molecular flexibility index (Phi) is 8.35. The van der Waals surface area contributed by atoms with Gasteiger partial charge in [-0.2, -0.15) is 0 Å². The van der Waals surface area contributed by atoms with E-state index in [0.29, 0.717) is 25.2 Å². The van der Waals surface area contributed by atoms with E-state index in [1.165, 1.54) is 5.56 Å². The highest BCUT2D eigenvalue weighted by atomic mass is 16.5. The number of aliphatic carboxylic acids is 1. The lowest BCUT2D eigenvalue weighted by Gasteiger charge is -2.17. The molecule has 1 aromatic rings. The van der Waals surface area contributed by atoms with Gasteiger partial charge in [-0.3, -0.25) is 9.59 Å². The van der Waals surface area contributed by atoms with Crippen molar-refractivity contribution in [2.45, 2.75) is 70.5 Å². The zero-order chi connectivity index (χ0) is 23.1. The summed E-state index contributed by atoms with van der Waals surface area (Å²) in [4.78, 5) is 22.3. The number of carboxylic acid groups (broad SMARTS) is 1. The summed E-state index contributed by atoms with van der Waals surface area (Å²) in [5.41, 5.74) is 2.31. The number of fused-ring (bicyclic) bond motifs is 3. The predicted octanol–water partition coefficient (Wildman–Crippen LogP) is 3.43. The molecule has 1 heterocycles. The number of hydrogen-bond acceptors (Lipinski definition) is 4. The number of amides is 1. The molecule has 172 valence electrons. The van der Waals surface area contributed by atoms with Gasteiger partial charge in [-0.25, -0.2) is 0 Å². The Balaban J connectivity index is 1.61. The van der Waals surface area contributed by atoms with Crippen LogP contribution in [0.1, 0.15) is 63.0 Å². The molecule has 3 N–H and O–H groups in total. The van der Waals surface area contributed by atoms with Gasteiger partial charge < -0.3 is 20.3 Å². The number of benzene rings is 1. The van der Waals surface area contributed by atoms with Crippen molar-refractivity contribution in [2.75, 3.05) is 6.54 Å². The summed E-state index contributed by atoms with van der Waals surface area (Å²) >= 11 is 0. The number of carbonyl (C=O) groups excluding carboxylic acids is 1. The van der Waals surface area contributed by atoms with Crippen LogP contribution in [-0.4, -0.2) is 40.8 Å². The summed E-state index contributed by atoms with van der Waals surface area (Å²) < 4.78 is 6.34. The molecule has 0 bridgehead atoms. The lowest BCUT2D eigenvalue weighted by molar-refractivity contribution is -0.137. The van der Waals surface area contributed by atoms with Crippen LogP contribution in [0, 0.1) is 23.7 Å². The smallest absolute Gasteiger partial charge is 0.322 e. The summed E-state index contributed by atoms with van der Waals surface area (Å²) in [6.07, 6.45) is 8.06. The highest BCUT2D eigenvalue weighted by Crippen LogP contribution is 2.51. The van der Waals surface area contributed by atoms with Gasteiger partial charge >= 0.3 is 5.97 Å². The van der Waals surface area contributed by atoms with E-state index in [9.17, 15) is 14.7 Å². The number of nitrogens with one attached hydrogen (secondary N) is 1. The third-order valence-electron chi connectivity index (χ3n) is 6.43. The van der Waals surface area contributed by atoms with Crippen molar-refractivity contribution in [1.82, 2.24) is 5.32 Å². The number of carbonyl (C=O) groups is 2. The second-order valence-electron chi connectivity index (χ2n) is 8.77. The molecule has 1 amide bonds. The van der Waals surface area contributed by atoms with Crippen molar-refractivity contribution in [3.63, 3.8) is 0 Å². The van der Waals surface area contributed by atoms with Gasteiger partial charge in [0.25, 0.3) is 0 Å². The molecule has 1 aliphatic carbocycles. The van der Waals surface area contributed by atoms with Crippen LogP contribution in [-0.2, 0) is 16.0 Å². The van der Waals surface area contributed by atoms with E-state index in [4.69, 9.17) is 9.84 Å². The highest BCUT2D eigenvalue weighted by Gasteiger charge is 2.44. The Morgan fingerprint density at radius 1 is 1.34 bits per heavy atom. The largest absolute Gasteiger partial charge is 0.489 e. The minimum Gasteiger partial charge on any atom is -0.489 e. The molecule has 1 saturated carbocycles. The van der Waals surface area contributed by atoms with E-state index < -0.39 is 12.1 Å². The van der Waals surface area contributed by atoms with Gasteiger partial charge in [0, 0.05) is 24.3 Å². The summed E-state index contributed by atoms with van der Waals surface area (Å²) in [7, 11) is 0. The molecule has 1 aromatic carbocycles. The fourth-order valence-corrected chi connectivity index (χ4v) is 4.66. The number of aliphatic hydroxyl groups excluding tert-OH is 1. The molecule has 6 heteroatoms. The Morgan fingerprint density at radius 3 is 2.91 bits per heavy atom. The second-order valence-corrected chi connectivity index (χ2v) is 8.77. The first-order chi connectivity index (χ1) is 15.4. The van der Waals surface area contributed by atoms with Crippen molar-refractivity contribution >= 4 is 11.9 Å². The first-order valence-electron chi connectivity index (χ1n) is 11.4. The number of rotatable bonds is 10. The minimum absolute atomic E-state index is 0.0994. The normalized spacial score (nSPS) is 22.9. The summed E-state index contributed by atoms with van der Waals surface area (Å²) in [5, 5.41) is 21.5. The quantitative estimate of drug-likeness (QED) is 0.383. The van der Waals surface area contributed by atoms with E-state index in [2.05, 4.69) is 29.3 Å². The molecular weight excluding hydrogens is 406 g/mol. The Morgan fingerprint density at radius 2 is 2.16 bits per heavy atom. The van der Waals surface area contributed by atoms with Gasteiger partial charge in [0.15, 0.2) is 0 Å². The number of carboxylic acids is 1. The van der Waals surface area contributed by atoms with Crippen molar-refractivity contribution < 1.29 is 24.5 Å². The lowest BCUT2D eigenvalue weighted by atomic mass is 9.86. The summed E-state index contributed by atoms with van der Waals surface area (Å²) in [5.74, 6) is 6.29. The molecule has 32 heavy (non-hydrogen) atoms. The number of ether oxygens (including phenoxy) is 1. The van der Waals surface area contributed by atoms with E-state index in [1.54, 1.807) is 0 Å². The third kappa shape index (κ3) is 5.92. The fourth-order valence-electron chi connectivity index (χ4n) is 4.66. The average Bonchev–Trinajstić information content (AvgIpc) is 3.34. The van der Waals surface area contributed by atoms with E-state index in [0.717, 1.165) is 24.2 Å². The first kappa shape index (κ1) is 23.9. The molecular formula is C26H33NO5. The van der Waals surface area contributed by atoms with E-state index >= 15 is 0 Å². The molecule has 0 saturated heterocycles. The van der Waals surface area contributed by atoms with Crippen molar-refractivity contribution in [2.24, 2.45) is 11.8 Å². The Hall–Kier alpha value is -2.78. The first-order valence-corrected chi connectivity index (χ1v) is 11.4. The van der Waals surface area contributed by atoms with Crippen LogP contribution in [0.25, 0.3) is 0 Å². The molecule has 0 aromatic heterocycles. The van der Waals surface area contributed by atoms with Gasteiger partial charge in [0.1, 0.15) is 18.4 Å². The maximum atomic E-state index is 11.8. The molecule has 5 atom stereocenters. The zero-order valence-corrected chi connectivity index (χ0v) is 18.8. The molecule has 6 nitrogen and oxygen atoms in total. The van der Waals surface area contributed by atoms with Crippen molar-refractivity contribution in [3.05, 3.63) is 41.5 Å². The van der Waals surface area contributed by atoms with Crippen molar-refractivity contribution in [1.29, 1.82) is 0 Å². The molecule has 2 aliphatic rings. The standard InChI is InChI=1S/C26H33NO5/c1-3-4-7-17(2)21(28)14-12-18-13-15-22-25(18)20-10-5-8-19(26(20)32-22)9-6-11-23(29)27-16-24(30)31/h5,8,10,12,14,17-18,21-22,25,28H,6-7,9,11,13,15-16H2,1-2H3,(H,27,29)(H,30,31)/b14-12+/t17-,18?,21?,22?,25?/m0/s1. The molecule has 0 spiro atoms. The van der Waals surface area contributed by atoms with Gasteiger partial charge in [-0.15, -0.1) is 11.8 Å². The van der Waals surface area contributed by atoms with Gasteiger partial charge in [0.2, 0.25) is 5.91 Å². The number of para-hydroxylation sites is 1. The maximum absolute atomic E-state index is 11.8. The van der Waals surface area contributed by atoms with Crippen molar-refractivity contribution in [3.8, 4) is 17.6 Å². The van der Waals surface area contributed by atoms with Crippen LogP contribution >= 0.6 is 0 Å². The number of hydrogen-bond donors (Lipinski definition) is 3. The van der Waals surface area contributed by atoms with Crippen LogP contribution in [0.3, 0.4) is 0 Å². The van der Waals surface area contributed by atoms with E-state index in [1.807, 2.05) is 32.1 Å². The average molecular weight is 440 g/mol. The molecule has 4 unspecified atom stereocenters. The van der Waals surface area contributed by atoms with Gasteiger partial charge in [0.05, 0.1) is 6.10 Å². The predicted molar refractivity (Wildman–Crippen MR) is 122 cm³/mol. The van der Waals surface area contributed by atoms with Crippen LogP contribution in [0.4, 0.5) is 0 Å². The van der Waals surface area contributed by atoms with Gasteiger partial charge in [-0.1, -0.05) is 37.3 Å². The SMILES string of the molecule is CC#CC[C@H](C)C(O)/C=C/C1CCC2Oc3c(CCCC(=O)NCC(=O)O)cccc3C12. The molecule has 1 aliphatic heterocycles. The summed E-state index contributed by atoms with van der Waals surface area (Å²) in [6, 6.07) is 6.22. The second kappa shape index (κ2) is 11.2. The summed E-state index contributed by atoms with van der Waals surface area (Å²) in [6.45, 7) is 3.48. The number of allylic oxidation sites excluding steroid dienone is 1. The monoisotopic (exact) mass is 439 g/mol.